The first kappa shape index (κ1) is 20.8. The predicted molar refractivity (Wildman–Crippen MR) is 82.8 cm³/mol. The van der Waals surface area contributed by atoms with Gasteiger partial charge in [-0.3, -0.25) is 4.79 Å². The predicted octanol–water partition coefficient (Wildman–Crippen LogP) is 2.00. The van der Waals surface area contributed by atoms with E-state index >= 15 is 0 Å². The number of aryl methyl sites for hydroxylation is 1. The maximum Gasteiger partial charge on any atom is 0.146 e. The highest BCUT2D eigenvalue weighted by molar-refractivity contribution is 5.80. The van der Waals surface area contributed by atoms with Crippen LogP contribution < -0.4 is 5.32 Å². The fraction of sp³-hybridized carbons (Fsp3) is 0.500. The van der Waals surface area contributed by atoms with E-state index in [-0.39, 0.29) is 11.8 Å². The van der Waals surface area contributed by atoms with Gasteiger partial charge in [0.05, 0.1) is 6.04 Å². The molecule has 2 atom stereocenters. The summed E-state index contributed by atoms with van der Waals surface area (Å²) in [5.41, 5.74) is 1.35. The van der Waals surface area contributed by atoms with E-state index in [4.69, 9.17) is 9.90 Å². The summed E-state index contributed by atoms with van der Waals surface area (Å²) >= 11 is 0. The van der Waals surface area contributed by atoms with E-state index < -0.39 is 0 Å². The van der Waals surface area contributed by atoms with Gasteiger partial charge in [-0.15, -0.1) is 0 Å². The van der Waals surface area contributed by atoms with E-state index in [0.717, 1.165) is 20.0 Å². The van der Waals surface area contributed by atoms with Gasteiger partial charge in [0.15, 0.2) is 0 Å². The van der Waals surface area contributed by atoms with Gasteiger partial charge in [0.2, 0.25) is 0 Å². The number of hydrogen-bond donors (Lipinski definition) is 2. The van der Waals surface area contributed by atoms with Gasteiger partial charge in [0.25, 0.3) is 0 Å². The molecular formula is C16H27NO3. The molecule has 1 rings (SSSR count). The number of benzene rings is 1. The second-order valence-electron chi connectivity index (χ2n) is 4.42. The van der Waals surface area contributed by atoms with Crippen molar-refractivity contribution in [2.24, 2.45) is 0 Å². The first-order chi connectivity index (χ1) is 9.59. The van der Waals surface area contributed by atoms with Crippen molar-refractivity contribution in [2.75, 3.05) is 7.11 Å². The van der Waals surface area contributed by atoms with Crippen LogP contribution in [0.5, 0.6) is 0 Å². The van der Waals surface area contributed by atoms with Crippen molar-refractivity contribution < 1.29 is 14.7 Å². The molecule has 0 aliphatic carbocycles. The third-order valence-corrected chi connectivity index (χ3v) is 2.85. The summed E-state index contributed by atoms with van der Waals surface area (Å²) in [6.45, 7) is 7.67. The maximum absolute atomic E-state index is 11.1. The topological polar surface area (TPSA) is 66.4 Å². The van der Waals surface area contributed by atoms with Gasteiger partial charge < -0.3 is 15.2 Å². The van der Waals surface area contributed by atoms with Crippen LogP contribution in [-0.4, -0.2) is 36.9 Å². The SMILES string of the molecule is C=O.CC(=O)C(C)NC(C)CCc1ccccc1.CO. The van der Waals surface area contributed by atoms with Crippen LogP contribution in [-0.2, 0) is 16.0 Å². The summed E-state index contributed by atoms with van der Waals surface area (Å²) in [7, 11) is 1.00. The van der Waals surface area contributed by atoms with Crippen molar-refractivity contribution in [3.63, 3.8) is 0 Å². The van der Waals surface area contributed by atoms with E-state index in [9.17, 15) is 4.79 Å². The minimum atomic E-state index is -0.0363. The van der Waals surface area contributed by atoms with Crippen molar-refractivity contribution in [3.05, 3.63) is 35.9 Å². The molecule has 2 unspecified atom stereocenters. The zero-order valence-corrected chi connectivity index (χ0v) is 12.9. The highest BCUT2D eigenvalue weighted by Crippen LogP contribution is 2.05. The lowest BCUT2D eigenvalue weighted by Crippen LogP contribution is -2.39. The van der Waals surface area contributed by atoms with Crippen molar-refractivity contribution >= 4 is 12.6 Å². The average molecular weight is 281 g/mol. The standard InChI is InChI=1S/C14H21NO.CH4O.CH2O/c1-11(15-12(2)13(3)16)9-10-14-7-5-4-6-8-14;2*1-2/h4-8,11-12,15H,9-10H2,1-3H3;2H,1H3;1H2. The molecule has 114 valence electrons. The van der Waals surface area contributed by atoms with E-state index in [1.807, 2.05) is 19.8 Å². The molecule has 4 nitrogen and oxygen atoms in total. The van der Waals surface area contributed by atoms with E-state index in [2.05, 4.69) is 36.5 Å². The van der Waals surface area contributed by atoms with Crippen LogP contribution in [0, 0.1) is 0 Å². The molecule has 0 aromatic heterocycles. The number of rotatable bonds is 6. The minimum Gasteiger partial charge on any atom is -0.400 e. The van der Waals surface area contributed by atoms with E-state index in [1.54, 1.807) is 6.92 Å². The molecule has 1 aromatic carbocycles. The van der Waals surface area contributed by atoms with E-state index in [0.29, 0.717) is 6.04 Å². The molecule has 0 saturated heterocycles. The molecule has 20 heavy (non-hydrogen) atoms. The lowest BCUT2D eigenvalue weighted by Gasteiger charge is -2.17. The Morgan fingerprint density at radius 2 is 1.70 bits per heavy atom. The van der Waals surface area contributed by atoms with Crippen LogP contribution in [0.1, 0.15) is 32.8 Å². The normalized spacial score (nSPS) is 12.1. The molecule has 4 heteroatoms. The minimum absolute atomic E-state index is 0.0363. The number of ketones is 1. The zero-order valence-electron chi connectivity index (χ0n) is 12.9. The molecule has 0 fully saturated rings. The molecule has 0 saturated carbocycles. The van der Waals surface area contributed by atoms with Gasteiger partial charge in [-0.25, -0.2) is 0 Å². The van der Waals surface area contributed by atoms with Crippen LogP contribution >= 0.6 is 0 Å². The van der Waals surface area contributed by atoms with Crippen LogP contribution in [0.2, 0.25) is 0 Å². The van der Waals surface area contributed by atoms with Gasteiger partial charge in [0, 0.05) is 13.2 Å². The summed E-state index contributed by atoms with van der Waals surface area (Å²) in [4.78, 5) is 19.1. The second kappa shape index (κ2) is 13.9. The molecule has 2 N–H and O–H groups in total. The van der Waals surface area contributed by atoms with Crippen LogP contribution in [0.3, 0.4) is 0 Å². The van der Waals surface area contributed by atoms with Gasteiger partial charge in [-0.2, -0.15) is 0 Å². The van der Waals surface area contributed by atoms with Crippen LogP contribution in [0.4, 0.5) is 0 Å². The number of aliphatic hydroxyl groups excluding tert-OH is 1. The lowest BCUT2D eigenvalue weighted by atomic mass is 10.1. The summed E-state index contributed by atoms with van der Waals surface area (Å²) in [6, 6.07) is 10.8. The van der Waals surface area contributed by atoms with Crippen LogP contribution in [0.15, 0.2) is 30.3 Å². The van der Waals surface area contributed by atoms with Crippen molar-refractivity contribution in [1.82, 2.24) is 5.32 Å². The Morgan fingerprint density at radius 3 is 2.15 bits per heavy atom. The smallest absolute Gasteiger partial charge is 0.146 e. The molecule has 0 heterocycles. The van der Waals surface area contributed by atoms with Crippen LogP contribution in [0.25, 0.3) is 0 Å². The summed E-state index contributed by atoms with van der Waals surface area (Å²) in [5.74, 6) is 0.201. The number of hydrogen-bond acceptors (Lipinski definition) is 4. The number of Topliss-reactive ketones (excluding diaryl/α,β-unsaturated/α-hetero) is 1. The second-order valence-corrected chi connectivity index (χ2v) is 4.42. The number of aliphatic hydroxyl groups is 1. The van der Waals surface area contributed by atoms with Gasteiger partial charge >= 0.3 is 0 Å². The average Bonchev–Trinajstić information content (AvgIpc) is 2.50. The first-order valence-corrected chi connectivity index (χ1v) is 6.63. The maximum atomic E-state index is 11.1. The summed E-state index contributed by atoms with van der Waals surface area (Å²) < 4.78 is 0. The molecule has 0 bridgehead atoms. The lowest BCUT2D eigenvalue weighted by molar-refractivity contribution is -0.118. The molecule has 0 spiro atoms. The Hall–Kier alpha value is -1.52. The quantitative estimate of drug-likeness (QED) is 0.837. The largest absolute Gasteiger partial charge is 0.400 e. The van der Waals surface area contributed by atoms with E-state index in [1.165, 1.54) is 5.56 Å². The Balaban J connectivity index is 0. The first-order valence-electron chi connectivity index (χ1n) is 6.63. The molecule has 0 radical (unpaired) electrons. The Morgan fingerprint density at radius 1 is 1.20 bits per heavy atom. The molecule has 1 aromatic rings. The molecule has 0 amide bonds. The Kier molecular flexibility index (Phi) is 14.5. The Bertz CT molecular complexity index is 341. The third kappa shape index (κ3) is 10.4. The highest BCUT2D eigenvalue weighted by atomic mass is 16.2. The molecular weight excluding hydrogens is 254 g/mol. The third-order valence-electron chi connectivity index (χ3n) is 2.85. The summed E-state index contributed by atoms with van der Waals surface area (Å²) in [5, 5.41) is 10.3. The molecule has 0 aliphatic heterocycles. The summed E-state index contributed by atoms with van der Waals surface area (Å²) in [6.07, 6.45) is 2.11. The van der Waals surface area contributed by atoms with Gasteiger partial charge in [0.1, 0.15) is 12.6 Å². The van der Waals surface area contributed by atoms with Crippen molar-refractivity contribution in [3.8, 4) is 0 Å². The Labute approximate surface area is 122 Å². The number of carbonyl (C=O) groups excluding carboxylic acids is 2. The van der Waals surface area contributed by atoms with Gasteiger partial charge in [-0.05, 0) is 39.2 Å². The fourth-order valence-corrected chi connectivity index (χ4v) is 1.66. The highest BCUT2D eigenvalue weighted by Gasteiger charge is 2.10. The fourth-order valence-electron chi connectivity index (χ4n) is 1.66. The molecule has 0 aliphatic rings. The zero-order chi connectivity index (χ0) is 16.0. The van der Waals surface area contributed by atoms with Crippen molar-refractivity contribution in [1.29, 1.82) is 0 Å². The number of carbonyl (C=O) groups is 2. The van der Waals surface area contributed by atoms with Gasteiger partial charge in [-0.1, -0.05) is 30.3 Å². The van der Waals surface area contributed by atoms with Crippen molar-refractivity contribution in [2.45, 2.75) is 45.7 Å². The monoisotopic (exact) mass is 281 g/mol. The number of nitrogens with one attached hydrogen (secondary N) is 1.